The number of unbranched alkanes of at least 4 members (excludes halogenated alkanes) is 4. The van der Waals surface area contributed by atoms with E-state index in [1.54, 1.807) is 0 Å². The molecule has 0 aliphatic carbocycles. The third-order valence-electron chi connectivity index (χ3n) is 4.08. The third kappa shape index (κ3) is 7.62. The van der Waals surface area contributed by atoms with Crippen molar-refractivity contribution >= 4 is 14.3 Å². The Morgan fingerprint density at radius 1 is 1.04 bits per heavy atom. The van der Waals surface area contributed by atoms with Gasteiger partial charge in [-0.25, -0.2) is 0 Å². The summed E-state index contributed by atoms with van der Waals surface area (Å²) in [5, 5.41) is 0. The molecule has 2 atom stereocenters. The lowest BCUT2D eigenvalue weighted by atomic mass is 9.90. The third-order valence-corrected chi connectivity index (χ3v) is 5.09. The lowest BCUT2D eigenvalue weighted by Gasteiger charge is -2.31. The molecule has 0 spiro atoms. The monoisotopic (exact) mass is 350 g/mol. The van der Waals surface area contributed by atoms with Crippen LogP contribution in [-0.2, 0) is 14.0 Å². The second-order valence-corrected chi connectivity index (χ2v) is 11.8. The highest BCUT2D eigenvalue weighted by molar-refractivity contribution is 6.69. The number of carbonyl (C=O) groups is 1. The molecule has 0 aliphatic rings. The Labute approximate surface area is 148 Å². The SMILES string of the molecule is CCCCCCC[C@H](O[Si](C)(C)C)[C@H](C(=O)OC)c1ccccc1. The van der Waals surface area contributed by atoms with Crippen LogP contribution in [0.25, 0.3) is 0 Å². The Balaban J connectivity index is 2.91. The van der Waals surface area contributed by atoms with Crippen LogP contribution in [0.15, 0.2) is 30.3 Å². The van der Waals surface area contributed by atoms with E-state index >= 15 is 0 Å². The molecule has 0 amide bonds. The zero-order chi connectivity index (χ0) is 18.0. The normalized spacial score (nSPS) is 14.2. The first-order chi connectivity index (χ1) is 11.4. The van der Waals surface area contributed by atoms with E-state index < -0.39 is 8.32 Å². The molecule has 1 rings (SSSR count). The van der Waals surface area contributed by atoms with E-state index in [4.69, 9.17) is 9.16 Å². The van der Waals surface area contributed by atoms with Crippen LogP contribution in [0.1, 0.15) is 56.9 Å². The molecule has 4 heteroatoms. The van der Waals surface area contributed by atoms with E-state index in [9.17, 15) is 4.79 Å². The van der Waals surface area contributed by atoms with E-state index in [-0.39, 0.29) is 18.0 Å². The molecule has 0 unspecified atom stereocenters. The van der Waals surface area contributed by atoms with Gasteiger partial charge < -0.3 is 9.16 Å². The molecule has 1 aromatic rings. The lowest BCUT2D eigenvalue weighted by Crippen LogP contribution is -2.38. The molecule has 0 N–H and O–H groups in total. The standard InChI is InChI=1S/C20H34O3Si/c1-6-7-8-9-13-16-18(23-24(3,4)5)19(20(21)22-2)17-14-11-10-12-15-17/h10-12,14-15,18-19H,6-9,13,16H2,1-5H3/t18-,19+/m0/s1. The van der Waals surface area contributed by atoms with Crippen LogP contribution in [0.5, 0.6) is 0 Å². The van der Waals surface area contributed by atoms with Gasteiger partial charge >= 0.3 is 5.97 Å². The van der Waals surface area contributed by atoms with E-state index in [0.29, 0.717) is 0 Å². The van der Waals surface area contributed by atoms with Crippen molar-refractivity contribution in [1.29, 1.82) is 0 Å². The number of carbonyl (C=O) groups excluding carboxylic acids is 1. The van der Waals surface area contributed by atoms with Gasteiger partial charge in [-0.1, -0.05) is 69.4 Å². The minimum absolute atomic E-state index is 0.104. The van der Waals surface area contributed by atoms with Crippen LogP contribution in [0.4, 0.5) is 0 Å². The fraction of sp³-hybridized carbons (Fsp3) is 0.650. The number of esters is 1. The van der Waals surface area contributed by atoms with Crippen LogP contribution >= 0.6 is 0 Å². The van der Waals surface area contributed by atoms with Crippen molar-refractivity contribution in [2.75, 3.05) is 7.11 Å². The molecule has 0 fully saturated rings. The highest BCUT2D eigenvalue weighted by Crippen LogP contribution is 2.29. The molecule has 0 saturated heterocycles. The van der Waals surface area contributed by atoms with Crippen molar-refractivity contribution < 1.29 is 14.0 Å². The first kappa shape index (κ1) is 20.9. The van der Waals surface area contributed by atoms with Crippen molar-refractivity contribution in [3.8, 4) is 0 Å². The molecule has 24 heavy (non-hydrogen) atoms. The Hall–Kier alpha value is -1.13. The fourth-order valence-electron chi connectivity index (χ4n) is 2.99. The number of rotatable bonds is 11. The molecule has 0 bridgehead atoms. The van der Waals surface area contributed by atoms with Crippen molar-refractivity contribution in [3.05, 3.63) is 35.9 Å². The summed E-state index contributed by atoms with van der Waals surface area (Å²) in [7, 11) is -0.294. The summed E-state index contributed by atoms with van der Waals surface area (Å²) >= 11 is 0. The number of methoxy groups -OCH3 is 1. The Bertz CT molecular complexity index is 468. The number of hydrogen-bond acceptors (Lipinski definition) is 3. The lowest BCUT2D eigenvalue weighted by molar-refractivity contribution is -0.145. The van der Waals surface area contributed by atoms with Crippen molar-refractivity contribution in [1.82, 2.24) is 0 Å². The minimum Gasteiger partial charge on any atom is -0.468 e. The number of hydrogen-bond donors (Lipinski definition) is 0. The molecule has 0 aromatic heterocycles. The summed E-state index contributed by atoms with van der Waals surface area (Å²) in [6.45, 7) is 8.75. The molecule has 1 aromatic carbocycles. The van der Waals surface area contributed by atoms with Gasteiger partial charge in [0.25, 0.3) is 0 Å². The first-order valence-electron chi connectivity index (χ1n) is 9.19. The quantitative estimate of drug-likeness (QED) is 0.299. The average molecular weight is 351 g/mol. The van der Waals surface area contributed by atoms with Gasteiger partial charge in [0.1, 0.15) is 5.92 Å². The molecule has 3 nitrogen and oxygen atoms in total. The highest BCUT2D eigenvalue weighted by atomic mass is 28.4. The predicted octanol–water partition coefficient (Wildman–Crippen LogP) is 5.52. The summed E-state index contributed by atoms with van der Waals surface area (Å²) in [6, 6.07) is 9.91. The summed E-state index contributed by atoms with van der Waals surface area (Å²) in [5.74, 6) is -0.535. The zero-order valence-electron chi connectivity index (χ0n) is 16.0. The highest BCUT2D eigenvalue weighted by Gasteiger charge is 2.34. The summed E-state index contributed by atoms with van der Waals surface area (Å²) < 4.78 is 11.5. The van der Waals surface area contributed by atoms with Gasteiger partial charge in [-0.3, -0.25) is 4.79 Å². The summed E-state index contributed by atoms with van der Waals surface area (Å²) in [6.07, 6.45) is 6.86. The maximum Gasteiger partial charge on any atom is 0.315 e. The Morgan fingerprint density at radius 2 is 1.67 bits per heavy atom. The maximum absolute atomic E-state index is 12.5. The molecule has 136 valence electrons. The second kappa shape index (κ2) is 10.7. The molecule has 0 radical (unpaired) electrons. The largest absolute Gasteiger partial charge is 0.468 e. The average Bonchev–Trinajstić information content (AvgIpc) is 2.54. The first-order valence-corrected chi connectivity index (χ1v) is 12.6. The maximum atomic E-state index is 12.5. The second-order valence-electron chi connectivity index (χ2n) is 7.38. The van der Waals surface area contributed by atoms with Gasteiger partial charge in [-0.2, -0.15) is 0 Å². The number of benzene rings is 1. The van der Waals surface area contributed by atoms with Crippen LogP contribution in [0.3, 0.4) is 0 Å². The van der Waals surface area contributed by atoms with Gasteiger partial charge in [-0.05, 0) is 31.6 Å². The van der Waals surface area contributed by atoms with Crippen LogP contribution < -0.4 is 0 Å². The zero-order valence-corrected chi connectivity index (χ0v) is 17.0. The summed E-state index contributed by atoms with van der Waals surface area (Å²) in [4.78, 5) is 12.5. The van der Waals surface area contributed by atoms with Gasteiger partial charge in [0.2, 0.25) is 0 Å². The van der Waals surface area contributed by atoms with Gasteiger partial charge in [-0.15, -0.1) is 0 Å². The number of ether oxygens (including phenoxy) is 1. The van der Waals surface area contributed by atoms with Crippen LogP contribution in [0.2, 0.25) is 19.6 Å². The van der Waals surface area contributed by atoms with Gasteiger partial charge in [0.15, 0.2) is 8.32 Å². The van der Waals surface area contributed by atoms with E-state index in [1.165, 1.54) is 32.8 Å². The van der Waals surface area contributed by atoms with Gasteiger partial charge in [0.05, 0.1) is 13.2 Å². The topological polar surface area (TPSA) is 35.5 Å². The van der Waals surface area contributed by atoms with Crippen LogP contribution in [-0.4, -0.2) is 27.5 Å². The fourth-order valence-corrected chi connectivity index (χ4v) is 4.15. The summed E-state index contributed by atoms with van der Waals surface area (Å²) in [5.41, 5.74) is 0.987. The van der Waals surface area contributed by atoms with Crippen LogP contribution in [0, 0.1) is 0 Å². The van der Waals surface area contributed by atoms with Crippen molar-refractivity contribution in [3.63, 3.8) is 0 Å². The van der Waals surface area contributed by atoms with Gasteiger partial charge in [0, 0.05) is 0 Å². The van der Waals surface area contributed by atoms with Crippen molar-refractivity contribution in [2.45, 2.75) is 77.1 Å². The molecule has 0 aliphatic heterocycles. The molecular formula is C20H34O3Si. The van der Waals surface area contributed by atoms with E-state index in [2.05, 4.69) is 26.6 Å². The van der Waals surface area contributed by atoms with Crippen molar-refractivity contribution in [2.24, 2.45) is 0 Å². The van der Waals surface area contributed by atoms with E-state index in [1.807, 2.05) is 30.3 Å². The molecular weight excluding hydrogens is 316 g/mol. The Morgan fingerprint density at radius 3 is 2.21 bits per heavy atom. The smallest absolute Gasteiger partial charge is 0.315 e. The minimum atomic E-state index is -1.76. The molecule has 0 heterocycles. The Kier molecular flexibility index (Phi) is 9.30. The predicted molar refractivity (Wildman–Crippen MR) is 103 cm³/mol. The molecule has 0 saturated carbocycles. The van der Waals surface area contributed by atoms with E-state index in [0.717, 1.165) is 18.4 Å².